The summed E-state index contributed by atoms with van der Waals surface area (Å²) in [5.41, 5.74) is 8.53. The second kappa shape index (κ2) is 5.71. The second-order valence-electron chi connectivity index (χ2n) is 4.30. The topological polar surface area (TPSA) is 26.0 Å². The highest BCUT2D eigenvalue weighted by molar-refractivity contribution is 8.01. The molecule has 0 aliphatic carbocycles. The van der Waals surface area contributed by atoms with Crippen molar-refractivity contribution in [2.45, 2.75) is 35.4 Å². The Bertz CT molecular complexity index is 475. The van der Waals surface area contributed by atoms with Crippen LogP contribution < -0.4 is 5.73 Å². The predicted molar refractivity (Wildman–Crippen MR) is 77.0 cm³/mol. The zero-order valence-corrected chi connectivity index (χ0v) is 11.8. The largest absolute Gasteiger partial charge is 0.328 e. The fourth-order valence-electron chi connectivity index (χ4n) is 1.75. The molecule has 1 heterocycles. The Kier molecular flexibility index (Phi) is 4.26. The quantitative estimate of drug-likeness (QED) is 0.899. The molecular formula is C14H17NS2. The summed E-state index contributed by atoms with van der Waals surface area (Å²) in [5, 5.41) is 2.11. The lowest BCUT2D eigenvalue weighted by Gasteiger charge is -2.10. The van der Waals surface area contributed by atoms with Crippen molar-refractivity contribution in [2.75, 3.05) is 0 Å². The Labute approximate surface area is 111 Å². The van der Waals surface area contributed by atoms with Gasteiger partial charge in [0, 0.05) is 10.9 Å². The van der Waals surface area contributed by atoms with Gasteiger partial charge in [0.15, 0.2) is 0 Å². The SMILES string of the molecule is Cc1cc(Sc2cccs2)ccc1CC(C)N. The molecule has 2 aromatic rings. The number of thiophene rings is 1. The molecular weight excluding hydrogens is 246 g/mol. The van der Waals surface area contributed by atoms with Crippen LogP contribution in [-0.4, -0.2) is 6.04 Å². The second-order valence-corrected chi connectivity index (χ2v) is 6.63. The minimum Gasteiger partial charge on any atom is -0.328 e. The highest BCUT2D eigenvalue weighted by Crippen LogP contribution is 2.32. The first kappa shape index (κ1) is 12.7. The molecule has 90 valence electrons. The molecule has 0 radical (unpaired) electrons. The first-order chi connectivity index (χ1) is 8.15. The maximum Gasteiger partial charge on any atom is 0.0646 e. The monoisotopic (exact) mass is 263 g/mol. The lowest BCUT2D eigenvalue weighted by atomic mass is 10.0. The summed E-state index contributed by atoms with van der Waals surface area (Å²) >= 11 is 3.60. The van der Waals surface area contributed by atoms with Crippen LogP contribution in [0.3, 0.4) is 0 Å². The molecule has 3 heteroatoms. The molecule has 0 amide bonds. The Morgan fingerprint density at radius 3 is 2.76 bits per heavy atom. The fraction of sp³-hybridized carbons (Fsp3) is 0.286. The predicted octanol–water partition coefficient (Wildman–Crippen LogP) is 4.10. The van der Waals surface area contributed by atoms with Crippen LogP contribution in [0.4, 0.5) is 0 Å². The van der Waals surface area contributed by atoms with Gasteiger partial charge in [-0.3, -0.25) is 0 Å². The molecule has 1 aromatic carbocycles. The Morgan fingerprint density at radius 2 is 2.18 bits per heavy atom. The molecule has 0 fully saturated rings. The van der Waals surface area contributed by atoms with Crippen LogP contribution >= 0.6 is 23.1 Å². The lowest BCUT2D eigenvalue weighted by Crippen LogP contribution is -2.18. The van der Waals surface area contributed by atoms with Crippen molar-refractivity contribution in [1.29, 1.82) is 0 Å². The molecule has 0 spiro atoms. The van der Waals surface area contributed by atoms with Gasteiger partial charge in [0.25, 0.3) is 0 Å². The first-order valence-electron chi connectivity index (χ1n) is 5.71. The standard InChI is InChI=1S/C14H17NS2/c1-10-8-13(17-14-4-3-7-16-14)6-5-12(10)9-11(2)15/h3-8,11H,9,15H2,1-2H3. The number of rotatable bonds is 4. The normalized spacial score (nSPS) is 12.6. The Hall–Kier alpha value is -0.770. The number of benzene rings is 1. The van der Waals surface area contributed by atoms with Crippen LogP contribution in [-0.2, 0) is 6.42 Å². The van der Waals surface area contributed by atoms with Gasteiger partial charge in [-0.1, -0.05) is 23.9 Å². The van der Waals surface area contributed by atoms with Crippen LogP contribution in [0.5, 0.6) is 0 Å². The molecule has 2 rings (SSSR count). The summed E-state index contributed by atoms with van der Waals surface area (Å²) < 4.78 is 1.34. The minimum atomic E-state index is 0.226. The van der Waals surface area contributed by atoms with E-state index in [4.69, 9.17) is 5.73 Å². The number of aryl methyl sites for hydroxylation is 1. The van der Waals surface area contributed by atoms with Crippen LogP contribution in [0.1, 0.15) is 18.1 Å². The van der Waals surface area contributed by atoms with Crippen molar-refractivity contribution in [2.24, 2.45) is 5.73 Å². The summed E-state index contributed by atoms with van der Waals surface area (Å²) in [6.45, 7) is 4.21. The van der Waals surface area contributed by atoms with E-state index in [2.05, 4.69) is 42.6 Å². The molecule has 1 unspecified atom stereocenters. The molecule has 0 saturated heterocycles. The van der Waals surface area contributed by atoms with E-state index in [1.807, 2.05) is 18.7 Å². The fourth-order valence-corrected chi connectivity index (χ4v) is 3.59. The number of hydrogen-bond acceptors (Lipinski definition) is 3. The third kappa shape index (κ3) is 3.60. The Balaban J connectivity index is 2.13. The molecule has 1 nitrogen and oxygen atoms in total. The summed E-state index contributed by atoms with van der Waals surface area (Å²) in [6, 6.07) is 11.1. The zero-order chi connectivity index (χ0) is 12.3. The van der Waals surface area contributed by atoms with E-state index in [-0.39, 0.29) is 6.04 Å². The van der Waals surface area contributed by atoms with Gasteiger partial charge in [0.1, 0.15) is 0 Å². The lowest BCUT2D eigenvalue weighted by molar-refractivity contribution is 0.734. The first-order valence-corrected chi connectivity index (χ1v) is 7.41. The van der Waals surface area contributed by atoms with Crippen molar-refractivity contribution in [3.05, 3.63) is 46.8 Å². The summed E-state index contributed by atoms with van der Waals surface area (Å²) in [6.07, 6.45) is 0.954. The van der Waals surface area contributed by atoms with Crippen molar-refractivity contribution in [3.8, 4) is 0 Å². The average Bonchev–Trinajstić information content (AvgIpc) is 2.74. The van der Waals surface area contributed by atoms with E-state index >= 15 is 0 Å². The molecule has 2 N–H and O–H groups in total. The van der Waals surface area contributed by atoms with Gasteiger partial charge < -0.3 is 5.73 Å². The van der Waals surface area contributed by atoms with Crippen LogP contribution in [0.2, 0.25) is 0 Å². The molecule has 0 aliphatic rings. The van der Waals surface area contributed by atoms with Gasteiger partial charge in [-0.05, 0) is 55.0 Å². The third-order valence-corrected chi connectivity index (χ3v) is 4.60. The van der Waals surface area contributed by atoms with Crippen LogP contribution in [0.25, 0.3) is 0 Å². The van der Waals surface area contributed by atoms with Gasteiger partial charge in [-0.25, -0.2) is 0 Å². The summed E-state index contributed by atoms with van der Waals surface area (Å²) in [7, 11) is 0. The van der Waals surface area contributed by atoms with Gasteiger partial charge >= 0.3 is 0 Å². The van der Waals surface area contributed by atoms with Crippen LogP contribution in [0.15, 0.2) is 44.8 Å². The van der Waals surface area contributed by atoms with Crippen molar-refractivity contribution in [3.63, 3.8) is 0 Å². The van der Waals surface area contributed by atoms with Crippen molar-refractivity contribution < 1.29 is 0 Å². The molecule has 0 saturated carbocycles. The maximum atomic E-state index is 5.84. The summed E-state index contributed by atoms with van der Waals surface area (Å²) in [5.74, 6) is 0. The van der Waals surface area contributed by atoms with Gasteiger partial charge in [0.05, 0.1) is 4.21 Å². The van der Waals surface area contributed by atoms with E-state index in [1.165, 1.54) is 20.2 Å². The van der Waals surface area contributed by atoms with E-state index in [9.17, 15) is 0 Å². The molecule has 1 atom stereocenters. The van der Waals surface area contributed by atoms with Crippen LogP contribution in [0, 0.1) is 6.92 Å². The minimum absolute atomic E-state index is 0.226. The van der Waals surface area contributed by atoms with Crippen molar-refractivity contribution in [1.82, 2.24) is 0 Å². The van der Waals surface area contributed by atoms with E-state index in [0.29, 0.717) is 0 Å². The molecule has 0 bridgehead atoms. The maximum absolute atomic E-state index is 5.84. The number of nitrogens with two attached hydrogens (primary N) is 1. The Morgan fingerprint density at radius 1 is 1.35 bits per heavy atom. The highest BCUT2D eigenvalue weighted by atomic mass is 32.2. The average molecular weight is 263 g/mol. The zero-order valence-electron chi connectivity index (χ0n) is 10.1. The van der Waals surface area contributed by atoms with Crippen molar-refractivity contribution >= 4 is 23.1 Å². The van der Waals surface area contributed by atoms with Gasteiger partial charge in [-0.2, -0.15) is 0 Å². The smallest absolute Gasteiger partial charge is 0.0646 e. The van der Waals surface area contributed by atoms with Gasteiger partial charge in [0.2, 0.25) is 0 Å². The van der Waals surface area contributed by atoms with E-state index in [1.54, 1.807) is 11.3 Å². The van der Waals surface area contributed by atoms with E-state index in [0.717, 1.165) is 6.42 Å². The summed E-state index contributed by atoms with van der Waals surface area (Å²) in [4.78, 5) is 1.30. The highest BCUT2D eigenvalue weighted by Gasteiger charge is 2.04. The van der Waals surface area contributed by atoms with E-state index < -0.39 is 0 Å². The molecule has 1 aromatic heterocycles. The van der Waals surface area contributed by atoms with Gasteiger partial charge in [-0.15, -0.1) is 11.3 Å². The third-order valence-electron chi connectivity index (χ3n) is 2.57. The number of hydrogen-bond donors (Lipinski definition) is 1. The molecule has 0 aliphatic heterocycles. The molecule has 17 heavy (non-hydrogen) atoms.